The largest absolute Gasteiger partial charge is 0.481 e. The number of aliphatic carboxylic acids is 1. The van der Waals surface area contributed by atoms with Gasteiger partial charge < -0.3 is 15.3 Å². The number of halogens is 2. The summed E-state index contributed by atoms with van der Waals surface area (Å²) in [6.07, 6.45) is 1.76. The fourth-order valence-corrected chi connectivity index (χ4v) is 6.06. The van der Waals surface area contributed by atoms with Gasteiger partial charge in [-0.3, -0.25) is 9.69 Å². The van der Waals surface area contributed by atoms with Crippen molar-refractivity contribution in [1.82, 2.24) is 9.88 Å². The molecule has 6 aromatic rings. The molecule has 0 unspecified atom stereocenters. The van der Waals surface area contributed by atoms with Crippen molar-refractivity contribution < 1.29 is 18.7 Å². The minimum absolute atomic E-state index is 0.255. The van der Waals surface area contributed by atoms with E-state index in [1.54, 1.807) is 6.07 Å². The number of carboxylic acids is 1. The van der Waals surface area contributed by atoms with Crippen LogP contribution in [0.15, 0.2) is 120 Å². The van der Waals surface area contributed by atoms with E-state index < -0.39 is 11.8 Å². The van der Waals surface area contributed by atoms with Gasteiger partial charge in [0.25, 0.3) is 0 Å². The number of likely N-dealkylation sites (tertiary alicyclic amines) is 1. The van der Waals surface area contributed by atoms with Gasteiger partial charge in [-0.1, -0.05) is 78.9 Å². The van der Waals surface area contributed by atoms with Crippen LogP contribution < -0.4 is 5.73 Å². The van der Waals surface area contributed by atoms with Crippen LogP contribution in [0.2, 0.25) is 0 Å². The highest BCUT2D eigenvalue weighted by Crippen LogP contribution is 2.29. The van der Waals surface area contributed by atoms with E-state index in [-0.39, 0.29) is 11.8 Å². The summed E-state index contributed by atoms with van der Waals surface area (Å²) < 4.78 is 21.8. The molecule has 0 bridgehead atoms. The van der Waals surface area contributed by atoms with Crippen LogP contribution in [0.3, 0.4) is 0 Å². The SMILES string of the molecule is Nc1ccc(Cc2ccccc2)cc1I.O=C(O)C1CN(Cc2ccc(-c3nc4ccc(Cc5ccccc5)cc4o3)c(F)c2)C1. The Morgan fingerprint density at radius 1 is 0.826 bits per heavy atom. The molecule has 7 rings (SSSR count). The molecule has 1 aliphatic heterocycles. The van der Waals surface area contributed by atoms with Gasteiger partial charge in [-0.15, -0.1) is 0 Å². The smallest absolute Gasteiger partial charge is 0.309 e. The van der Waals surface area contributed by atoms with Crippen LogP contribution in [-0.4, -0.2) is 34.0 Å². The molecular weight excluding hydrogens is 692 g/mol. The van der Waals surface area contributed by atoms with Crippen LogP contribution in [0.4, 0.5) is 10.1 Å². The molecule has 0 spiro atoms. The van der Waals surface area contributed by atoms with E-state index in [0.29, 0.717) is 36.3 Å². The lowest BCUT2D eigenvalue weighted by atomic mass is 9.99. The second-order valence-corrected chi connectivity index (χ2v) is 12.7. The molecule has 5 aromatic carbocycles. The van der Waals surface area contributed by atoms with Crippen molar-refractivity contribution >= 4 is 45.3 Å². The molecule has 0 saturated carbocycles. The Morgan fingerprint density at radius 2 is 1.43 bits per heavy atom. The maximum atomic E-state index is 14.8. The maximum absolute atomic E-state index is 14.8. The van der Waals surface area contributed by atoms with Crippen molar-refractivity contribution in [2.24, 2.45) is 5.92 Å². The third-order valence-corrected chi connectivity index (χ3v) is 8.93. The normalized spacial score (nSPS) is 13.2. The number of hydrogen-bond donors (Lipinski definition) is 2. The maximum Gasteiger partial charge on any atom is 0.309 e. The highest BCUT2D eigenvalue weighted by molar-refractivity contribution is 14.1. The molecule has 1 saturated heterocycles. The lowest BCUT2D eigenvalue weighted by Crippen LogP contribution is -2.49. The first-order valence-electron chi connectivity index (χ1n) is 15.1. The van der Waals surface area contributed by atoms with E-state index in [1.165, 1.54) is 22.8 Å². The Labute approximate surface area is 280 Å². The summed E-state index contributed by atoms with van der Waals surface area (Å²) in [6.45, 7) is 1.52. The molecule has 2 heterocycles. The first-order valence-corrected chi connectivity index (χ1v) is 16.1. The Morgan fingerprint density at radius 3 is 2.04 bits per heavy atom. The van der Waals surface area contributed by atoms with Crippen molar-refractivity contribution in [3.63, 3.8) is 0 Å². The van der Waals surface area contributed by atoms with E-state index in [4.69, 9.17) is 15.3 Å². The van der Waals surface area contributed by atoms with Crippen LogP contribution in [0, 0.1) is 15.3 Å². The number of aromatic nitrogens is 1. The number of hydrogen-bond acceptors (Lipinski definition) is 5. The number of oxazole rings is 1. The molecule has 232 valence electrons. The molecule has 0 radical (unpaired) electrons. The van der Waals surface area contributed by atoms with E-state index >= 15 is 0 Å². The number of fused-ring (bicyclic) bond motifs is 1. The van der Waals surface area contributed by atoms with Gasteiger partial charge in [-0.2, -0.15) is 0 Å². The molecule has 3 N–H and O–H groups in total. The van der Waals surface area contributed by atoms with Gasteiger partial charge in [0, 0.05) is 28.9 Å². The number of nitrogens with zero attached hydrogens (tertiary/aromatic N) is 2. The summed E-state index contributed by atoms with van der Waals surface area (Å²) >= 11 is 2.27. The average Bonchev–Trinajstić information content (AvgIpc) is 3.45. The van der Waals surface area contributed by atoms with Crippen molar-refractivity contribution in [2.75, 3.05) is 18.8 Å². The molecular formula is C38H33FIN3O3. The minimum atomic E-state index is -0.777. The first kappa shape index (κ1) is 31.4. The second-order valence-electron chi connectivity index (χ2n) is 11.5. The van der Waals surface area contributed by atoms with Crippen molar-refractivity contribution in [1.29, 1.82) is 0 Å². The lowest BCUT2D eigenvalue weighted by Gasteiger charge is -2.36. The molecule has 46 heavy (non-hydrogen) atoms. The summed E-state index contributed by atoms with van der Waals surface area (Å²) in [6, 6.07) is 37.7. The van der Waals surface area contributed by atoms with E-state index in [0.717, 1.165) is 33.2 Å². The fraction of sp³-hybridized carbons (Fsp3) is 0.158. The molecule has 8 heteroatoms. The highest BCUT2D eigenvalue weighted by atomic mass is 127. The zero-order chi connectivity index (χ0) is 32.0. The van der Waals surface area contributed by atoms with Gasteiger partial charge in [0.1, 0.15) is 11.3 Å². The number of benzene rings is 5. The molecule has 1 aliphatic rings. The van der Waals surface area contributed by atoms with E-state index in [1.807, 2.05) is 59.5 Å². The third kappa shape index (κ3) is 7.81. The molecule has 1 aromatic heterocycles. The van der Waals surface area contributed by atoms with Gasteiger partial charge in [-0.05, 0) is 99.6 Å². The van der Waals surface area contributed by atoms with Gasteiger partial charge in [0.2, 0.25) is 5.89 Å². The number of nitrogen functional groups attached to an aromatic ring is 1. The zero-order valence-corrected chi connectivity index (χ0v) is 27.2. The minimum Gasteiger partial charge on any atom is -0.481 e. The van der Waals surface area contributed by atoms with E-state index in [9.17, 15) is 9.18 Å². The Bertz CT molecular complexity index is 1960. The zero-order valence-electron chi connectivity index (χ0n) is 25.1. The summed E-state index contributed by atoms with van der Waals surface area (Å²) in [4.78, 5) is 17.4. The standard InChI is InChI=1S/C25H21FN2O3.C13H12IN/c26-21-11-18(13-28-14-19(15-28)25(29)30)6-8-20(21)24-27-22-9-7-17(12-23(22)31-24)10-16-4-2-1-3-5-16;14-12-9-11(6-7-13(12)15)8-10-4-2-1-3-5-10/h1-9,11-12,19H,10,13-15H2,(H,29,30);1-7,9H,8,15H2. The summed E-state index contributed by atoms with van der Waals surface area (Å²) in [5, 5.41) is 8.97. The number of carboxylic acid groups (broad SMARTS) is 1. The monoisotopic (exact) mass is 725 g/mol. The summed E-state index contributed by atoms with van der Waals surface area (Å²) in [7, 11) is 0. The van der Waals surface area contributed by atoms with Gasteiger partial charge in [0.05, 0.1) is 11.5 Å². The van der Waals surface area contributed by atoms with Crippen molar-refractivity contribution in [3.8, 4) is 11.5 Å². The quantitative estimate of drug-likeness (QED) is 0.122. The number of anilines is 1. The number of rotatable bonds is 8. The molecule has 0 atom stereocenters. The summed E-state index contributed by atoms with van der Waals surface area (Å²) in [5.74, 6) is -1.24. The van der Waals surface area contributed by atoms with Gasteiger partial charge in [-0.25, -0.2) is 9.37 Å². The third-order valence-electron chi connectivity index (χ3n) is 8.00. The lowest BCUT2D eigenvalue weighted by molar-refractivity contribution is -0.147. The van der Waals surface area contributed by atoms with Crippen LogP contribution in [0.1, 0.15) is 27.8 Å². The predicted molar refractivity (Wildman–Crippen MR) is 188 cm³/mol. The predicted octanol–water partition coefficient (Wildman–Crippen LogP) is 8.21. The fourth-order valence-electron chi connectivity index (χ4n) is 5.48. The molecule has 1 fully saturated rings. The topological polar surface area (TPSA) is 92.6 Å². The van der Waals surface area contributed by atoms with Crippen molar-refractivity contribution in [2.45, 2.75) is 19.4 Å². The highest BCUT2D eigenvalue weighted by Gasteiger charge is 2.32. The Hall–Kier alpha value is -4.54. The Kier molecular flexibility index (Phi) is 9.75. The second kappa shape index (κ2) is 14.3. The molecule has 0 aliphatic carbocycles. The molecule has 6 nitrogen and oxygen atoms in total. The van der Waals surface area contributed by atoms with Crippen LogP contribution in [0.25, 0.3) is 22.6 Å². The van der Waals surface area contributed by atoms with Gasteiger partial charge >= 0.3 is 5.97 Å². The summed E-state index contributed by atoms with van der Waals surface area (Å²) in [5.41, 5.74) is 14.0. The first-order chi connectivity index (χ1) is 22.3. The van der Waals surface area contributed by atoms with E-state index in [2.05, 4.69) is 76.1 Å². The Balaban J connectivity index is 0.000000208. The molecule has 0 amide bonds. The van der Waals surface area contributed by atoms with Crippen LogP contribution >= 0.6 is 22.6 Å². The van der Waals surface area contributed by atoms with Crippen LogP contribution in [-0.2, 0) is 24.2 Å². The number of nitrogens with two attached hydrogens (primary N) is 1. The van der Waals surface area contributed by atoms with Gasteiger partial charge in [0.15, 0.2) is 5.58 Å². The van der Waals surface area contributed by atoms with Crippen LogP contribution in [0.5, 0.6) is 0 Å². The number of carbonyl (C=O) groups is 1. The van der Waals surface area contributed by atoms with Crippen molar-refractivity contribution in [3.05, 3.63) is 152 Å². The average molecular weight is 726 g/mol.